The third-order valence-electron chi connectivity index (χ3n) is 2.14. The summed E-state index contributed by atoms with van der Waals surface area (Å²) in [4.78, 5) is 15.2. The maximum atomic E-state index is 11.1. The Hall–Kier alpha value is -2.10. The highest BCUT2D eigenvalue weighted by Crippen LogP contribution is 2.22. The monoisotopic (exact) mass is 217 g/mol. The number of hydrogen-bond acceptors (Lipinski definition) is 4. The molecule has 0 saturated carbocycles. The number of esters is 1. The van der Waals surface area contributed by atoms with Gasteiger partial charge in [-0.15, -0.1) is 0 Å². The van der Waals surface area contributed by atoms with Gasteiger partial charge in [0, 0.05) is 11.8 Å². The Morgan fingerprint density at radius 2 is 2.25 bits per heavy atom. The number of nitrogens with zero attached hydrogens (tertiary/aromatic N) is 1. The zero-order valence-corrected chi connectivity index (χ0v) is 8.84. The second kappa shape index (κ2) is 4.61. The van der Waals surface area contributed by atoms with Crippen molar-refractivity contribution in [1.82, 2.24) is 0 Å². The summed E-state index contributed by atoms with van der Waals surface area (Å²) < 4.78 is 10.1. The van der Waals surface area contributed by atoms with Gasteiger partial charge in [0.15, 0.2) is 0 Å². The summed E-state index contributed by atoms with van der Waals surface area (Å²) in [5.74, 6) is 0.827. The molecule has 0 aliphatic carbocycles. The zero-order chi connectivity index (χ0) is 11.4. The molecule has 0 spiro atoms. The van der Waals surface area contributed by atoms with E-state index < -0.39 is 0 Å². The van der Waals surface area contributed by atoms with Crippen molar-refractivity contribution in [3.8, 4) is 5.75 Å². The summed E-state index contributed by atoms with van der Waals surface area (Å²) in [6.45, 7) is 0. The van der Waals surface area contributed by atoms with Crippen LogP contribution in [0.5, 0.6) is 5.75 Å². The summed E-state index contributed by atoms with van der Waals surface area (Å²) in [7, 11) is 1.34. The number of hydrogen-bond donors (Lipinski definition) is 0. The summed E-state index contributed by atoms with van der Waals surface area (Å²) >= 11 is 0. The molecule has 1 aliphatic rings. The number of methoxy groups -OCH3 is 1. The lowest BCUT2D eigenvalue weighted by atomic mass is 10.2. The summed E-state index contributed by atoms with van der Waals surface area (Å²) in [5, 5.41) is 0. The van der Waals surface area contributed by atoms with Gasteiger partial charge < -0.3 is 9.47 Å². The first-order valence-corrected chi connectivity index (χ1v) is 4.85. The number of para-hydroxylation sites is 1. The third kappa shape index (κ3) is 2.28. The van der Waals surface area contributed by atoms with Crippen LogP contribution in [0.3, 0.4) is 0 Å². The van der Waals surface area contributed by atoms with Crippen LogP contribution in [0.1, 0.15) is 12.0 Å². The molecular formula is C12H11NO3. The van der Waals surface area contributed by atoms with E-state index in [1.54, 1.807) is 6.21 Å². The van der Waals surface area contributed by atoms with Crippen LogP contribution in [0.25, 0.3) is 0 Å². The highest BCUT2D eigenvalue weighted by molar-refractivity contribution is 5.84. The van der Waals surface area contributed by atoms with Crippen LogP contribution in [0.4, 0.5) is 0 Å². The molecule has 4 heteroatoms. The van der Waals surface area contributed by atoms with Crippen LogP contribution < -0.4 is 4.74 Å². The van der Waals surface area contributed by atoms with Crippen molar-refractivity contribution in [3.63, 3.8) is 0 Å². The predicted molar refractivity (Wildman–Crippen MR) is 59.4 cm³/mol. The molecule has 0 unspecified atom stereocenters. The number of ether oxygens (including phenoxy) is 2. The molecule has 1 aromatic carbocycles. The lowest BCUT2D eigenvalue weighted by molar-refractivity contribution is -0.140. The second-order valence-corrected chi connectivity index (χ2v) is 3.27. The molecule has 0 N–H and O–H groups in total. The molecule has 1 aromatic rings. The van der Waals surface area contributed by atoms with Crippen LogP contribution in [0.2, 0.25) is 0 Å². The average Bonchev–Trinajstić information content (AvgIpc) is 2.50. The Kier molecular flexibility index (Phi) is 3.00. The molecule has 0 atom stereocenters. The highest BCUT2D eigenvalue weighted by atomic mass is 16.5. The normalized spacial score (nSPS) is 13.2. The minimum absolute atomic E-state index is 0.0855. The zero-order valence-electron chi connectivity index (χ0n) is 8.84. The van der Waals surface area contributed by atoms with Crippen LogP contribution >= 0.6 is 0 Å². The van der Waals surface area contributed by atoms with E-state index in [0.29, 0.717) is 11.5 Å². The second-order valence-electron chi connectivity index (χ2n) is 3.27. The molecule has 1 heterocycles. The molecule has 0 aromatic heterocycles. The van der Waals surface area contributed by atoms with E-state index in [-0.39, 0.29) is 12.4 Å². The SMILES string of the molecule is COC(=O)CC1=CN=Cc2ccccc2O1. The van der Waals surface area contributed by atoms with Gasteiger partial charge in [-0.25, -0.2) is 0 Å². The van der Waals surface area contributed by atoms with Crippen molar-refractivity contribution in [2.45, 2.75) is 6.42 Å². The van der Waals surface area contributed by atoms with Crippen LogP contribution in [0.15, 0.2) is 41.2 Å². The van der Waals surface area contributed by atoms with Gasteiger partial charge in [0.1, 0.15) is 17.9 Å². The van der Waals surface area contributed by atoms with Crippen molar-refractivity contribution >= 4 is 12.2 Å². The summed E-state index contributed by atoms with van der Waals surface area (Å²) in [6.07, 6.45) is 3.30. The standard InChI is InChI=1S/C12H11NO3/c1-15-12(14)6-10-8-13-7-9-4-2-3-5-11(9)16-10/h2-5,7-8H,6H2,1H3. The van der Waals surface area contributed by atoms with E-state index in [1.165, 1.54) is 13.3 Å². The van der Waals surface area contributed by atoms with Crippen molar-refractivity contribution in [1.29, 1.82) is 0 Å². The predicted octanol–water partition coefficient (Wildman–Crippen LogP) is 1.90. The molecule has 0 bridgehead atoms. The van der Waals surface area contributed by atoms with E-state index in [1.807, 2.05) is 24.3 Å². The van der Waals surface area contributed by atoms with E-state index >= 15 is 0 Å². The van der Waals surface area contributed by atoms with Gasteiger partial charge in [-0.2, -0.15) is 0 Å². The molecule has 0 saturated heterocycles. The number of rotatable bonds is 2. The average molecular weight is 217 g/mol. The highest BCUT2D eigenvalue weighted by Gasteiger charge is 2.12. The fourth-order valence-electron chi connectivity index (χ4n) is 1.34. The molecule has 16 heavy (non-hydrogen) atoms. The van der Waals surface area contributed by atoms with Gasteiger partial charge in [0.2, 0.25) is 0 Å². The Balaban J connectivity index is 2.19. The van der Waals surface area contributed by atoms with Crippen LogP contribution in [0, 0.1) is 0 Å². The quantitative estimate of drug-likeness (QED) is 0.711. The van der Waals surface area contributed by atoms with E-state index in [9.17, 15) is 4.79 Å². The number of benzene rings is 1. The first kappa shape index (κ1) is 10.4. The molecule has 82 valence electrons. The van der Waals surface area contributed by atoms with Crippen molar-refractivity contribution in [2.24, 2.45) is 4.99 Å². The van der Waals surface area contributed by atoms with Gasteiger partial charge in [0.25, 0.3) is 0 Å². The Bertz CT molecular complexity index is 463. The summed E-state index contributed by atoms with van der Waals surface area (Å²) in [5.41, 5.74) is 0.888. The molecule has 0 amide bonds. The largest absolute Gasteiger partial charge is 0.469 e. The topological polar surface area (TPSA) is 47.9 Å². The Morgan fingerprint density at radius 1 is 1.44 bits per heavy atom. The molecule has 4 nitrogen and oxygen atoms in total. The maximum Gasteiger partial charge on any atom is 0.313 e. The fraction of sp³-hybridized carbons (Fsp3) is 0.167. The van der Waals surface area contributed by atoms with Crippen molar-refractivity contribution in [2.75, 3.05) is 7.11 Å². The molecule has 0 radical (unpaired) electrons. The molecule has 2 rings (SSSR count). The number of carbonyl (C=O) groups is 1. The van der Waals surface area contributed by atoms with Gasteiger partial charge in [-0.1, -0.05) is 12.1 Å². The molecular weight excluding hydrogens is 206 g/mol. The van der Waals surface area contributed by atoms with Crippen molar-refractivity contribution in [3.05, 3.63) is 41.8 Å². The summed E-state index contributed by atoms with van der Waals surface area (Å²) in [6, 6.07) is 7.50. The van der Waals surface area contributed by atoms with Gasteiger partial charge in [0.05, 0.1) is 13.3 Å². The first-order chi connectivity index (χ1) is 7.79. The van der Waals surface area contributed by atoms with Gasteiger partial charge in [-0.3, -0.25) is 9.79 Å². The minimum atomic E-state index is -0.346. The van der Waals surface area contributed by atoms with Crippen molar-refractivity contribution < 1.29 is 14.3 Å². The first-order valence-electron chi connectivity index (χ1n) is 4.85. The number of fused-ring (bicyclic) bond motifs is 1. The number of carbonyl (C=O) groups excluding carboxylic acids is 1. The van der Waals surface area contributed by atoms with E-state index in [4.69, 9.17) is 4.74 Å². The van der Waals surface area contributed by atoms with Gasteiger partial charge >= 0.3 is 5.97 Å². The lowest BCUT2D eigenvalue weighted by Crippen LogP contribution is -2.06. The third-order valence-corrected chi connectivity index (χ3v) is 2.14. The minimum Gasteiger partial charge on any atom is -0.469 e. The van der Waals surface area contributed by atoms with E-state index in [0.717, 1.165) is 5.56 Å². The Morgan fingerprint density at radius 3 is 3.06 bits per heavy atom. The Labute approximate surface area is 93.2 Å². The maximum absolute atomic E-state index is 11.1. The van der Waals surface area contributed by atoms with Crippen LogP contribution in [-0.2, 0) is 9.53 Å². The lowest BCUT2D eigenvalue weighted by Gasteiger charge is -2.08. The van der Waals surface area contributed by atoms with Gasteiger partial charge in [-0.05, 0) is 12.1 Å². The number of aliphatic imine (C=N–C) groups is 1. The fourth-order valence-corrected chi connectivity index (χ4v) is 1.34. The molecule has 0 fully saturated rings. The molecule has 1 aliphatic heterocycles. The smallest absolute Gasteiger partial charge is 0.313 e. The van der Waals surface area contributed by atoms with Crippen LogP contribution in [-0.4, -0.2) is 19.3 Å². The van der Waals surface area contributed by atoms with E-state index in [2.05, 4.69) is 9.73 Å².